The Morgan fingerprint density at radius 2 is 2.20 bits per heavy atom. The summed E-state index contributed by atoms with van der Waals surface area (Å²) in [5, 5.41) is 5.99. The Morgan fingerprint density at radius 1 is 1.53 bits per heavy atom. The molecule has 0 saturated carbocycles. The molecule has 86 valence electrons. The summed E-state index contributed by atoms with van der Waals surface area (Å²) in [6, 6.07) is -0.207. The van der Waals surface area contributed by atoms with Crippen molar-refractivity contribution in [2.45, 2.75) is 32.1 Å². The van der Waals surface area contributed by atoms with Gasteiger partial charge in [-0.15, -0.1) is 0 Å². The van der Waals surface area contributed by atoms with E-state index in [1.807, 2.05) is 13.8 Å². The van der Waals surface area contributed by atoms with Gasteiger partial charge in [-0.05, 0) is 12.8 Å². The molecule has 0 saturated heterocycles. The third kappa shape index (κ3) is 3.41. The van der Waals surface area contributed by atoms with Gasteiger partial charge in [0.05, 0.1) is 17.8 Å². The molecule has 1 rings (SSSR count). The Bertz CT molecular complexity index is 263. The maximum atomic E-state index is 11.9. The van der Waals surface area contributed by atoms with Crippen molar-refractivity contribution in [3.8, 4) is 0 Å². The molecule has 4 nitrogen and oxygen atoms in total. The predicted molar refractivity (Wildman–Crippen MR) is 65.5 cm³/mol. The average Bonchev–Trinajstić information content (AvgIpc) is 2.64. The van der Waals surface area contributed by atoms with Crippen LogP contribution in [0.5, 0.6) is 0 Å². The standard InChI is InChI=1S/C10H19N3OS/c1-6(2)8(9(14)7(3)15)13-10-11-4-5-12-10/h6-8,15H,4-5H2,1-3H3,(H2,11,12,13)/t7?,8-/m1/s1. The number of hydrogen-bond donors (Lipinski definition) is 3. The summed E-state index contributed by atoms with van der Waals surface area (Å²) in [6.45, 7) is 7.45. The number of nitrogens with zero attached hydrogens (tertiary/aromatic N) is 1. The van der Waals surface area contributed by atoms with Gasteiger partial charge in [0.25, 0.3) is 0 Å². The second kappa shape index (κ2) is 5.39. The van der Waals surface area contributed by atoms with Crippen molar-refractivity contribution < 1.29 is 4.79 Å². The molecule has 5 heteroatoms. The van der Waals surface area contributed by atoms with E-state index in [4.69, 9.17) is 0 Å². The first-order valence-electron chi connectivity index (χ1n) is 5.29. The van der Waals surface area contributed by atoms with E-state index >= 15 is 0 Å². The minimum absolute atomic E-state index is 0.115. The summed E-state index contributed by atoms with van der Waals surface area (Å²) >= 11 is 4.17. The molecular weight excluding hydrogens is 210 g/mol. The monoisotopic (exact) mass is 229 g/mol. The summed E-state index contributed by atoms with van der Waals surface area (Å²) in [6.07, 6.45) is 0. The van der Waals surface area contributed by atoms with Crippen LogP contribution in [0.4, 0.5) is 0 Å². The molecule has 0 aliphatic carbocycles. The van der Waals surface area contributed by atoms with Gasteiger partial charge in [-0.3, -0.25) is 9.79 Å². The van der Waals surface area contributed by atoms with Crippen LogP contribution in [0.1, 0.15) is 20.8 Å². The first-order valence-corrected chi connectivity index (χ1v) is 5.80. The van der Waals surface area contributed by atoms with Gasteiger partial charge in [-0.1, -0.05) is 13.8 Å². The molecule has 1 unspecified atom stereocenters. The number of rotatable bonds is 4. The van der Waals surface area contributed by atoms with Crippen molar-refractivity contribution >= 4 is 24.4 Å². The van der Waals surface area contributed by atoms with E-state index in [0.717, 1.165) is 19.0 Å². The molecule has 0 aromatic carbocycles. The number of nitrogens with one attached hydrogen (secondary N) is 2. The van der Waals surface area contributed by atoms with E-state index < -0.39 is 0 Å². The van der Waals surface area contributed by atoms with Gasteiger partial charge >= 0.3 is 0 Å². The number of guanidine groups is 1. The number of hydrogen-bond acceptors (Lipinski definition) is 5. The molecule has 15 heavy (non-hydrogen) atoms. The topological polar surface area (TPSA) is 53.5 Å². The minimum Gasteiger partial charge on any atom is -0.355 e. The molecule has 1 aliphatic heterocycles. The van der Waals surface area contributed by atoms with Crippen LogP contribution in [0.25, 0.3) is 0 Å². The largest absolute Gasteiger partial charge is 0.355 e. The molecule has 0 spiro atoms. The van der Waals surface area contributed by atoms with Gasteiger partial charge in [0, 0.05) is 6.54 Å². The fourth-order valence-corrected chi connectivity index (χ4v) is 1.63. The zero-order valence-corrected chi connectivity index (χ0v) is 10.3. The summed E-state index contributed by atoms with van der Waals surface area (Å²) in [5.41, 5.74) is 0. The van der Waals surface area contributed by atoms with E-state index in [1.165, 1.54) is 0 Å². The van der Waals surface area contributed by atoms with Crippen LogP contribution < -0.4 is 10.6 Å². The maximum Gasteiger partial charge on any atom is 0.191 e. The highest BCUT2D eigenvalue weighted by atomic mass is 32.1. The molecule has 1 aliphatic rings. The second-order valence-corrected chi connectivity index (χ2v) is 4.88. The summed E-state index contributed by atoms with van der Waals surface area (Å²) in [4.78, 5) is 16.1. The number of thiol groups is 1. The average molecular weight is 229 g/mol. The lowest BCUT2D eigenvalue weighted by atomic mass is 9.98. The molecule has 0 amide bonds. The molecule has 2 atom stereocenters. The Labute approximate surface area is 96.3 Å². The minimum atomic E-state index is -0.244. The van der Waals surface area contributed by atoms with E-state index in [9.17, 15) is 4.79 Å². The van der Waals surface area contributed by atoms with Gasteiger partial charge < -0.3 is 10.6 Å². The second-order valence-electron chi connectivity index (χ2n) is 4.10. The Hall–Kier alpha value is -0.710. The third-order valence-electron chi connectivity index (χ3n) is 2.35. The van der Waals surface area contributed by atoms with E-state index in [-0.39, 0.29) is 23.0 Å². The number of carbonyl (C=O) groups is 1. The SMILES string of the molecule is CC(S)C(=O)[C@H](NC1=NCCN1)C(C)C. The highest BCUT2D eigenvalue weighted by molar-refractivity contribution is 7.81. The first-order chi connectivity index (χ1) is 7.02. The number of carbonyl (C=O) groups excluding carboxylic acids is 1. The summed E-state index contributed by atoms with van der Waals surface area (Å²) < 4.78 is 0. The lowest BCUT2D eigenvalue weighted by Crippen LogP contribution is -2.49. The summed E-state index contributed by atoms with van der Waals surface area (Å²) in [5.74, 6) is 1.08. The smallest absolute Gasteiger partial charge is 0.191 e. The normalized spacial score (nSPS) is 19.4. The van der Waals surface area contributed by atoms with Crippen molar-refractivity contribution in [2.75, 3.05) is 13.1 Å². The lowest BCUT2D eigenvalue weighted by Gasteiger charge is -2.23. The fraction of sp³-hybridized carbons (Fsp3) is 0.800. The zero-order valence-electron chi connectivity index (χ0n) is 9.45. The molecule has 0 aromatic heterocycles. The van der Waals surface area contributed by atoms with Crippen LogP contribution in [0.15, 0.2) is 4.99 Å². The van der Waals surface area contributed by atoms with Crippen molar-refractivity contribution in [1.82, 2.24) is 10.6 Å². The highest BCUT2D eigenvalue weighted by Crippen LogP contribution is 2.08. The van der Waals surface area contributed by atoms with E-state index in [0.29, 0.717) is 0 Å². The van der Waals surface area contributed by atoms with Crippen molar-refractivity contribution in [2.24, 2.45) is 10.9 Å². The van der Waals surface area contributed by atoms with Gasteiger partial charge in [-0.2, -0.15) is 12.6 Å². The van der Waals surface area contributed by atoms with Gasteiger partial charge in [-0.25, -0.2) is 0 Å². The molecule has 1 heterocycles. The first kappa shape index (κ1) is 12.4. The highest BCUT2D eigenvalue weighted by Gasteiger charge is 2.26. The van der Waals surface area contributed by atoms with Crippen molar-refractivity contribution in [1.29, 1.82) is 0 Å². The molecule has 2 N–H and O–H groups in total. The number of aliphatic imine (C=N–C) groups is 1. The molecular formula is C10H19N3OS. The van der Waals surface area contributed by atoms with Crippen LogP contribution >= 0.6 is 12.6 Å². The molecule has 0 bridgehead atoms. The predicted octanol–water partition coefficient (Wildman–Crippen LogP) is 0.447. The van der Waals surface area contributed by atoms with Crippen LogP contribution in [-0.4, -0.2) is 36.1 Å². The van der Waals surface area contributed by atoms with Gasteiger partial charge in [0.1, 0.15) is 0 Å². The quantitative estimate of drug-likeness (QED) is 0.613. The van der Waals surface area contributed by atoms with Crippen LogP contribution in [0.2, 0.25) is 0 Å². The van der Waals surface area contributed by atoms with E-state index in [1.54, 1.807) is 6.92 Å². The number of ketones is 1. The molecule has 0 aromatic rings. The van der Waals surface area contributed by atoms with Crippen LogP contribution in [-0.2, 0) is 4.79 Å². The van der Waals surface area contributed by atoms with Gasteiger partial charge in [0.2, 0.25) is 0 Å². The maximum absolute atomic E-state index is 11.9. The van der Waals surface area contributed by atoms with Crippen LogP contribution in [0.3, 0.4) is 0 Å². The Balaban J connectivity index is 2.61. The molecule has 0 radical (unpaired) electrons. The Kier molecular flexibility index (Phi) is 4.45. The fourth-order valence-electron chi connectivity index (χ4n) is 1.47. The zero-order chi connectivity index (χ0) is 11.4. The lowest BCUT2D eigenvalue weighted by molar-refractivity contribution is -0.120. The van der Waals surface area contributed by atoms with Crippen LogP contribution in [0, 0.1) is 5.92 Å². The van der Waals surface area contributed by atoms with E-state index in [2.05, 4.69) is 28.3 Å². The van der Waals surface area contributed by atoms with Crippen molar-refractivity contribution in [3.63, 3.8) is 0 Å². The summed E-state index contributed by atoms with van der Waals surface area (Å²) in [7, 11) is 0. The van der Waals surface area contributed by atoms with Gasteiger partial charge in [0.15, 0.2) is 11.7 Å². The molecule has 0 fully saturated rings. The van der Waals surface area contributed by atoms with Crippen molar-refractivity contribution in [3.05, 3.63) is 0 Å². The third-order valence-corrected chi connectivity index (χ3v) is 2.61. The Morgan fingerprint density at radius 3 is 2.60 bits per heavy atom. The number of Topliss-reactive ketones (excluding diaryl/α,β-unsaturated/α-hetero) is 1.